The molecule has 0 radical (unpaired) electrons. The molecule has 0 bridgehead atoms. The molecule has 0 amide bonds. The summed E-state index contributed by atoms with van der Waals surface area (Å²) in [5.74, 6) is 0. The lowest BCUT2D eigenvalue weighted by atomic mass is 10.2. The highest BCUT2D eigenvalue weighted by molar-refractivity contribution is 7.86. The molecule has 7 nitrogen and oxygen atoms in total. The zero-order valence-corrected chi connectivity index (χ0v) is 12.1. The van der Waals surface area contributed by atoms with Gasteiger partial charge in [-0.1, -0.05) is 30.3 Å². The Morgan fingerprint density at radius 3 is 2.32 bits per heavy atom. The van der Waals surface area contributed by atoms with E-state index in [9.17, 15) is 18.5 Å². The first-order valence-corrected chi connectivity index (χ1v) is 7.89. The molecular weight excluding hydrogens is 308 g/mol. The summed E-state index contributed by atoms with van der Waals surface area (Å²) >= 11 is 0. The lowest BCUT2D eigenvalue weighted by Crippen LogP contribution is -2.11. The minimum Gasteiger partial charge on any atom is -0.258 e. The van der Waals surface area contributed by atoms with Crippen LogP contribution < -0.4 is 0 Å². The van der Waals surface area contributed by atoms with Gasteiger partial charge in [0.15, 0.2) is 0 Å². The van der Waals surface area contributed by atoms with Crippen molar-refractivity contribution in [2.45, 2.75) is 10.9 Å². The molecule has 0 aliphatic carbocycles. The van der Waals surface area contributed by atoms with E-state index in [1.165, 1.54) is 5.06 Å². The summed E-state index contributed by atoms with van der Waals surface area (Å²) < 4.78 is 29.3. The standard InChI is InChI=1S/C14H12N2O5S/c17-16(18)12-6-8-13(9-7-12)22(19,20)21-15-10-14(15)11-4-2-1-3-5-11/h1-9,14H,10H2. The maximum atomic E-state index is 12.1. The van der Waals surface area contributed by atoms with E-state index in [-0.39, 0.29) is 16.6 Å². The van der Waals surface area contributed by atoms with Crippen molar-refractivity contribution in [3.05, 3.63) is 70.3 Å². The van der Waals surface area contributed by atoms with E-state index in [0.29, 0.717) is 6.54 Å². The fraction of sp³-hybridized carbons (Fsp3) is 0.143. The average molecular weight is 320 g/mol. The van der Waals surface area contributed by atoms with Crippen molar-refractivity contribution in [3.8, 4) is 0 Å². The number of benzene rings is 2. The van der Waals surface area contributed by atoms with Gasteiger partial charge >= 0.3 is 10.1 Å². The molecule has 1 aliphatic heterocycles. The molecule has 1 heterocycles. The van der Waals surface area contributed by atoms with Crippen LogP contribution in [0.25, 0.3) is 0 Å². The molecule has 2 aromatic carbocycles. The van der Waals surface area contributed by atoms with E-state index in [2.05, 4.69) is 0 Å². The zero-order chi connectivity index (χ0) is 15.7. The third-order valence-electron chi connectivity index (χ3n) is 3.28. The molecule has 114 valence electrons. The molecule has 0 aromatic heterocycles. The molecule has 0 saturated carbocycles. The first kappa shape index (κ1) is 14.6. The van der Waals surface area contributed by atoms with Crippen molar-refractivity contribution in [2.75, 3.05) is 6.54 Å². The van der Waals surface area contributed by atoms with Gasteiger partial charge in [-0.15, -0.1) is 0 Å². The monoisotopic (exact) mass is 320 g/mol. The highest BCUT2D eigenvalue weighted by Crippen LogP contribution is 2.36. The minimum atomic E-state index is -3.98. The highest BCUT2D eigenvalue weighted by atomic mass is 32.2. The van der Waals surface area contributed by atoms with E-state index >= 15 is 0 Å². The van der Waals surface area contributed by atoms with Crippen molar-refractivity contribution in [3.63, 3.8) is 0 Å². The van der Waals surface area contributed by atoms with E-state index in [0.717, 1.165) is 29.8 Å². The van der Waals surface area contributed by atoms with Crippen molar-refractivity contribution in [1.29, 1.82) is 0 Å². The Bertz CT molecular complexity index is 790. The van der Waals surface area contributed by atoms with Crippen LogP contribution in [-0.4, -0.2) is 24.9 Å². The predicted molar refractivity (Wildman–Crippen MR) is 77.3 cm³/mol. The molecule has 1 saturated heterocycles. The number of hydrogen-bond acceptors (Lipinski definition) is 6. The van der Waals surface area contributed by atoms with Crippen LogP contribution in [0.4, 0.5) is 5.69 Å². The van der Waals surface area contributed by atoms with Gasteiger partial charge in [-0.2, -0.15) is 17.8 Å². The van der Waals surface area contributed by atoms with Crippen LogP contribution in [0.5, 0.6) is 0 Å². The Hall–Kier alpha value is -2.29. The summed E-state index contributed by atoms with van der Waals surface area (Å²) in [6.45, 7) is 0.482. The van der Waals surface area contributed by atoms with Crippen molar-refractivity contribution < 1.29 is 17.6 Å². The van der Waals surface area contributed by atoms with Gasteiger partial charge in [0.1, 0.15) is 0 Å². The molecule has 1 fully saturated rings. The third-order valence-corrected chi connectivity index (χ3v) is 4.52. The fourth-order valence-electron chi connectivity index (χ4n) is 2.06. The number of nitro benzene ring substituents is 1. The summed E-state index contributed by atoms with van der Waals surface area (Å²) in [5.41, 5.74) is 0.800. The summed E-state index contributed by atoms with van der Waals surface area (Å²) in [4.78, 5) is 9.86. The SMILES string of the molecule is O=[N+]([O-])c1ccc(S(=O)(=O)ON2CC2c2ccccc2)cc1. The number of rotatable bonds is 5. The second-order valence-corrected chi connectivity index (χ2v) is 6.33. The van der Waals surface area contributed by atoms with E-state index in [1.807, 2.05) is 30.3 Å². The summed E-state index contributed by atoms with van der Waals surface area (Å²) in [6, 6.07) is 13.9. The Labute approximate surface area is 127 Å². The molecular formula is C14H12N2O5S. The third kappa shape index (κ3) is 2.98. The number of non-ortho nitro benzene ring substituents is 1. The summed E-state index contributed by atoms with van der Waals surface area (Å²) in [7, 11) is -3.98. The van der Waals surface area contributed by atoms with Crippen LogP contribution in [0, 0.1) is 10.1 Å². The first-order chi connectivity index (χ1) is 10.5. The molecule has 8 heteroatoms. The average Bonchev–Trinajstić information content (AvgIpc) is 3.26. The number of hydroxylamine groups is 2. The topological polar surface area (TPSA) is 89.5 Å². The normalized spacial score (nSPS) is 20.5. The van der Waals surface area contributed by atoms with Crippen LogP contribution in [0.3, 0.4) is 0 Å². The smallest absolute Gasteiger partial charge is 0.258 e. The van der Waals surface area contributed by atoms with Gasteiger partial charge in [0, 0.05) is 18.7 Å². The highest BCUT2D eigenvalue weighted by Gasteiger charge is 2.40. The van der Waals surface area contributed by atoms with E-state index < -0.39 is 15.0 Å². The Morgan fingerprint density at radius 2 is 1.73 bits per heavy atom. The van der Waals surface area contributed by atoms with Crippen LogP contribution >= 0.6 is 0 Å². The van der Waals surface area contributed by atoms with Crippen molar-refractivity contribution >= 4 is 15.8 Å². The molecule has 1 aliphatic rings. The lowest BCUT2D eigenvalue weighted by Gasteiger charge is -2.06. The largest absolute Gasteiger partial charge is 0.313 e. The van der Waals surface area contributed by atoms with Crippen LogP contribution in [0.1, 0.15) is 11.6 Å². The van der Waals surface area contributed by atoms with Crippen molar-refractivity contribution in [2.24, 2.45) is 0 Å². The van der Waals surface area contributed by atoms with Gasteiger partial charge in [-0.3, -0.25) is 10.1 Å². The Balaban J connectivity index is 1.71. The Morgan fingerprint density at radius 1 is 1.09 bits per heavy atom. The first-order valence-electron chi connectivity index (χ1n) is 6.48. The molecule has 22 heavy (non-hydrogen) atoms. The van der Waals surface area contributed by atoms with Crippen LogP contribution in [0.2, 0.25) is 0 Å². The number of nitro groups is 1. The number of hydrogen-bond donors (Lipinski definition) is 0. The summed E-state index contributed by atoms with van der Waals surface area (Å²) in [6.07, 6.45) is 0. The van der Waals surface area contributed by atoms with Gasteiger partial charge in [0.05, 0.1) is 15.9 Å². The molecule has 0 N–H and O–H groups in total. The lowest BCUT2D eigenvalue weighted by molar-refractivity contribution is -0.384. The van der Waals surface area contributed by atoms with Gasteiger partial charge < -0.3 is 0 Å². The van der Waals surface area contributed by atoms with Gasteiger partial charge in [-0.05, 0) is 17.7 Å². The second kappa shape index (κ2) is 5.48. The van der Waals surface area contributed by atoms with E-state index in [4.69, 9.17) is 4.28 Å². The van der Waals surface area contributed by atoms with Crippen LogP contribution in [-0.2, 0) is 14.4 Å². The molecule has 2 unspecified atom stereocenters. The van der Waals surface area contributed by atoms with E-state index in [1.54, 1.807) is 0 Å². The van der Waals surface area contributed by atoms with Crippen molar-refractivity contribution in [1.82, 2.24) is 5.06 Å². The van der Waals surface area contributed by atoms with Gasteiger partial charge in [0.2, 0.25) is 0 Å². The molecule has 0 spiro atoms. The second-order valence-electron chi connectivity index (χ2n) is 4.81. The molecule has 2 atom stereocenters. The van der Waals surface area contributed by atoms with Gasteiger partial charge in [0.25, 0.3) is 5.69 Å². The quantitative estimate of drug-likeness (QED) is 0.477. The molecule has 2 aromatic rings. The zero-order valence-electron chi connectivity index (χ0n) is 11.3. The van der Waals surface area contributed by atoms with Crippen LogP contribution in [0.15, 0.2) is 59.5 Å². The minimum absolute atomic E-state index is 0.0889. The number of nitrogens with zero attached hydrogens (tertiary/aromatic N) is 2. The maximum Gasteiger partial charge on any atom is 0.313 e. The maximum absolute atomic E-state index is 12.1. The molecule has 3 rings (SSSR count). The Kier molecular flexibility index (Phi) is 3.65. The fourth-order valence-corrected chi connectivity index (χ4v) is 3.03. The van der Waals surface area contributed by atoms with Gasteiger partial charge in [-0.25, -0.2) is 0 Å². The predicted octanol–water partition coefficient (Wildman–Crippen LogP) is 2.27. The summed E-state index contributed by atoms with van der Waals surface area (Å²) in [5, 5.41) is 11.9.